The lowest BCUT2D eigenvalue weighted by Gasteiger charge is -2.19. The molecule has 0 saturated heterocycles. The first-order valence-electron chi connectivity index (χ1n) is 6.23. The van der Waals surface area contributed by atoms with Crippen LogP contribution in [0.25, 0.3) is 5.69 Å². The third kappa shape index (κ3) is 2.84. The first-order chi connectivity index (χ1) is 8.90. The maximum atomic E-state index is 11.2. The van der Waals surface area contributed by atoms with E-state index in [0.717, 1.165) is 17.1 Å². The second-order valence-electron chi connectivity index (χ2n) is 5.38. The molecule has 1 aromatic heterocycles. The van der Waals surface area contributed by atoms with E-state index in [4.69, 9.17) is 0 Å². The minimum absolute atomic E-state index is 0.504. The summed E-state index contributed by atoms with van der Waals surface area (Å²) in [7, 11) is 0. The zero-order chi connectivity index (χ0) is 14.0. The van der Waals surface area contributed by atoms with E-state index in [1.807, 2.05) is 42.0 Å². The van der Waals surface area contributed by atoms with E-state index < -0.39 is 11.4 Å². The Morgan fingerprint density at radius 3 is 2.74 bits per heavy atom. The number of rotatable bonds is 4. The first-order valence-corrected chi connectivity index (χ1v) is 6.23. The van der Waals surface area contributed by atoms with Crippen molar-refractivity contribution >= 4 is 5.97 Å². The van der Waals surface area contributed by atoms with Crippen LogP contribution in [0.4, 0.5) is 0 Å². The minimum atomic E-state index is -0.781. The lowest BCUT2D eigenvalue weighted by atomic mass is 9.86. The molecule has 0 atom stereocenters. The summed E-state index contributed by atoms with van der Waals surface area (Å²) in [4.78, 5) is 15.4. The lowest BCUT2D eigenvalue weighted by Crippen LogP contribution is -2.26. The third-order valence-corrected chi connectivity index (χ3v) is 3.24. The number of aryl methyl sites for hydroxylation is 1. The smallest absolute Gasteiger partial charge is 0.309 e. The molecule has 1 aromatic carbocycles. The standard InChI is InChI=1S/C15H18N2O2/c1-11-16-7-8-17(11)13-6-4-5-12(9-13)10-15(2,3)14(18)19/h4-9H,10H2,1-3H3,(H,18,19). The van der Waals surface area contributed by atoms with Crippen LogP contribution in [0.2, 0.25) is 0 Å². The number of hydrogen-bond acceptors (Lipinski definition) is 2. The zero-order valence-electron chi connectivity index (χ0n) is 11.4. The number of aliphatic carboxylic acids is 1. The SMILES string of the molecule is Cc1nccn1-c1cccc(CC(C)(C)C(=O)O)c1. The van der Waals surface area contributed by atoms with Gasteiger partial charge in [0.25, 0.3) is 0 Å². The highest BCUT2D eigenvalue weighted by Crippen LogP contribution is 2.23. The van der Waals surface area contributed by atoms with Gasteiger partial charge in [-0.3, -0.25) is 4.79 Å². The third-order valence-electron chi connectivity index (χ3n) is 3.24. The van der Waals surface area contributed by atoms with Gasteiger partial charge in [0.05, 0.1) is 5.41 Å². The summed E-state index contributed by atoms with van der Waals surface area (Å²) in [6.45, 7) is 5.42. The molecule has 100 valence electrons. The van der Waals surface area contributed by atoms with Gasteiger partial charge in [-0.1, -0.05) is 12.1 Å². The van der Waals surface area contributed by atoms with E-state index in [1.54, 1.807) is 20.0 Å². The van der Waals surface area contributed by atoms with E-state index in [2.05, 4.69) is 4.98 Å². The highest BCUT2D eigenvalue weighted by molar-refractivity contribution is 5.74. The predicted octanol–water partition coefficient (Wildman–Crippen LogP) is 2.83. The number of hydrogen-bond donors (Lipinski definition) is 1. The number of carbonyl (C=O) groups is 1. The van der Waals surface area contributed by atoms with Gasteiger partial charge in [-0.2, -0.15) is 0 Å². The summed E-state index contributed by atoms with van der Waals surface area (Å²) < 4.78 is 1.98. The van der Waals surface area contributed by atoms with Crippen LogP contribution in [-0.2, 0) is 11.2 Å². The highest BCUT2D eigenvalue weighted by Gasteiger charge is 2.27. The maximum Gasteiger partial charge on any atom is 0.309 e. The molecule has 0 aliphatic carbocycles. The zero-order valence-corrected chi connectivity index (χ0v) is 11.4. The number of carboxylic acid groups (broad SMARTS) is 1. The molecule has 0 bridgehead atoms. The van der Waals surface area contributed by atoms with Gasteiger partial charge in [0.2, 0.25) is 0 Å². The second-order valence-corrected chi connectivity index (χ2v) is 5.38. The Morgan fingerprint density at radius 1 is 1.42 bits per heavy atom. The molecule has 0 spiro atoms. The van der Waals surface area contributed by atoms with Gasteiger partial charge >= 0.3 is 5.97 Å². The molecular formula is C15H18N2O2. The molecular weight excluding hydrogens is 240 g/mol. The number of aromatic nitrogens is 2. The Bertz CT molecular complexity index is 600. The number of imidazole rings is 1. The number of carboxylic acids is 1. The van der Waals surface area contributed by atoms with Gasteiger partial charge in [0.15, 0.2) is 0 Å². The molecule has 0 amide bonds. The molecule has 2 rings (SSSR count). The summed E-state index contributed by atoms with van der Waals surface area (Å²) in [6.07, 6.45) is 4.16. The van der Waals surface area contributed by atoms with Crippen LogP contribution in [0.5, 0.6) is 0 Å². The van der Waals surface area contributed by atoms with Crippen molar-refractivity contribution < 1.29 is 9.90 Å². The average molecular weight is 258 g/mol. The van der Waals surface area contributed by atoms with Gasteiger partial charge in [-0.05, 0) is 44.9 Å². The highest BCUT2D eigenvalue weighted by atomic mass is 16.4. The molecule has 4 nitrogen and oxygen atoms in total. The fraction of sp³-hybridized carbons (Fsp3) is 0.333. The van der Waals surface area contributed by atoms with Crippen LogP contribution in [0.3, 0.4) is 0 Å². The summed E-state index contributed by atoms with van der Waals surface area (Å²) in [5.41, 5.74) is 1.26. The molecule has 4 heteroatoms. The van der Waals surface area contributed by atoms with Crippen LogP contribution in [0.15, 0.2) is 36.7 Å². The van der Waals surface area contributed by atoms with Crippen molar-refractivity contribution in [3.8, 4) is 5.69 Å². The molecule has 1 heterocycles. The van der Waals surface area contributed by atoms with Crippen molar-refractivity contribution in [2.75, 3.05) is 0 Å². The van der Waals surface area contributed by atoms with Crippen LogP contribution in [-0.4, -0.2) is 20.6 Å². The van der Waals surface area contributed by atoms with Crippen molar-refractivity contribution in [1.82, 2.24) is 9.55 Å². The molecule has 0 fully saturated rings. The normalized spacial score (nSPS) is 11.5. The minimum Gasteiger partial charge on any atom is -0.481 e. The molecule has 0 aliphatic rings. The van der Waals surface area contributed by atoms with E-state index in [1.165, 1.54) is 0 Å². The molecule has 2 aromatic rings. The quantitative estimate of drug-likeness (QED) is 0.917. The van der Waals surface area contributed by atoms with Crippen LogP contribution < -0.4 is 0 Å². The topological polar surface area (TPSA) is 55.1 Å². The molecule has 0 saturated carbocycles. The van der Waals surface area contributed by atoms with Gasteiger partial charge < -0.3 is 9.67 Å². The summed E-state index contributed by atoms with van der Waals surface area (Å²) in [6, 6.07) is 7.91. The number of nitrogens with zero attached hydrogens (tertiary/aromatic N) is 2. The second kappa shape index (κ2) is 4.88. The predicted molar refractivity (Wildman–Crippen MR) is 73.4 cm³/mol. The largest absolute Gasteiger partial charge is 0.481 e. The van der Waals surface area contributed by atoms with E-state index in [9.17, 15) is 9.90 Å². The Hall–Kier alpha value is -2.10. The van der Waals surface area contributed by atoms with Gasteiger partial charge in [-0.25, -0.2) is 4.98 Å². The van der Waals surface area contributed by atoms with Crippen molar-refractivity contribution in [3.63, 3.8) is 0 Å². The first kappa shape index (κ1) is 13.3. The molecule has 19 heavy (non-hydrogen) atoms. The maximum absolute atomic E-state index is 11.2. The van der Waals surface area contributed by atoms with Crippen LogP contribution in [0, 0.1) is 12.3 Å². The Labute approximate surface area is 112 Å². The summed E-state index contributed by atoms with van der Waals surface area (Å²) in [5, 5.41) is 9.18. The monoisotopic (exact) mass is 258 g/mol. The van der Waals surface area contributed by atoms with Crippen molar-refractivity contribution in [3.05, 3.63) is 48.0 Å². The van der Waals surface area contributed by atoms with Gasteiger partial charge in [0.1, 0.15) is 5.82 Å². The fourth-order valence-electron chi connectivity index (χ4n) is 2.05. The van der Waals surface area contributed by atoms with E-state index in [-0.39, 0.29) is 0 Å². The fourth-order valence-corrected chi connectivity index (χ4v) is 2.05. The Morgan fingerprint density at radius 2 is 2.16 bits per heavy atom. The molecule has 0 unspecified atom stereocenters. The van der Waals surface area contributed by atoms with Crippen LogP contribution >= 0.6 is 0 Å². The lowest BCUT2D eigenvalue weighted by molar-refractivity contribution is -0.146. The van der Waals surface area contributed by atoms with Gasteiger partial charge in [0, 0.05) is 18.1 Å². The average Bonchev–Trinajstić information content (AvgIpc) is 2.75. The summed E-state index contributed by atoms with van der Waals surface area (Å²) in [5.74, 6) is 0.131. The molecule has 1 N–H and O–H groups in total. The Kier molecular flexibility index (Phi) is 3.42. The summed E-state index contributed by atoms with van der Waals surface area (Å²) >= 11 is 0. The van der Waals surface area contributed by atoms with Crippen molar-refractivity contribution in [2.45, 2.75) is 27.2 Å². The van der Waals surface area contributed by atoms with E-state index >= 15 is 0 Å². The van der Waals surface area contributed by atoms with Gasteiger partial charge in [-0.15, -0.1) is 0 Å². The van der Waals surface area contributed by atoms with Crippen molar-refractivity contribution in [1.29, 1.82) is 0 Å². The number of benzene rings is 1. The van der Waals surface area contributed by atoms with Crippen LogP contribution in [0.1, 0.15) is 25.2 Å². The van der Waals surface area contributed by atoms with Crippen molar-refractivity contribution in [2.24, 2.45) is 5.41 Å². The van der Waals surface area contributed by atoms with E-state index in [0.29, 0.717) is 6.42 Å². The molecule has 0 radical (unpaired) electrons. The molecule has 0 aliphatic heterocycles. The Balaban J connectivity index is 2.31.